The van der Waals surface area contributed by atoms with Crippen molar-refractivity contribution < 1.29 is 4.79 Å². The first kappa shape index (κ1) is 16.2. The number of aryl methyl sites for hydroxylation is 2. The average molecular weight is 376 g/mol. The molecule has 23 heavy (non-hydrogen) atoms. The number of nitrogens with one attached hydrogen (secondary N) is 1. The fraction of sp³-hybridized carbons (Fsp3) is 0.444. The summed E-state index contributed by atoms with van der Waals surface area (Å²) in [5.41, 5.74) is 5.16. The third kappa shape index (κ3) is 2.71. The van der Waals surface area contributed by atoms with Crippen molar-refractivity contribution in [2.75, 3.05) is 5.32 Å². The van der Waals surface area contributed by atoms with Crippen LogP contribution in [-0.4, -0.2) is 15.7 Å². The molecule has 122 valence electrons. The van der Waals surface area contributed by atoms with Gasteiger partial charge in [-0.05, 0) is 57.8 Å². The molecule has 0 atom stereocenters. The number of carbonyl (C=O) groups excluding carboxylic acids is 1. The van der Waals surface area contributed by atoms with Crippen molar-refractivity contribution in [3.05, 3.63) is 45.2 Å². The molecule has 1 heterocycles. The minimum Gasteiger partial charge on any atom is -0.322 e. The third-order valence-corrected chi connectivity index (χ3v) is 5.67. The van der Waals surface area contributed by atoms with Crippen molar-refractivity contribution in [3.63, 3.8) is 0 Å². The van der Waals surface area contributed by atoms with E-state index >= 15 is 0 Å². The van der Waals surface area contributed by atoms with Gasteiger partial charge < -0.3 is 5.32 Å². The fourth-order valence-electron chi connectivity index (χ4n) is 3.39. The van der Waals surface area contributed by atoms with Crippen LogP contribution in [0.4, 0.5) is 5.69 Å². The summed E-state index contributed by atoms with van der Waals surface area (Å²) in [6.07, 6.45) is 2.85. The van der Waals surface area contributed by atoms with E-state index in [-0.39, 0.29) is 11.3 Å². The van der Waals surface area contributed by atoms with Gasteiger partial charge in [0.05, 0.1) is 11.3 Å². The second kappa shape index (κ2) is 5.78. The van der Waals surface area contributed by atoms with Gasteiger partial charge in [-0.1, -0.05) is 32.9 Å². The second-order valence-corrected chi connectivity index (χ2v) is 7.51. The van der Waals surface area contributed by atoms with Crippen LogP contribution in [0.3, 0.4) is 0 Å². The first-order chi connectivity index (χ1) is 10.8. The molecule has 1 aliphatic carbocycles. The number of hydrogen-bond acceptors (Lipinski definition) is 2. The summed E-state index contributed by atoms with van der Waals surface area (Å²) in [6.45, 7) is 6.53. The quantitative estimate of drug-likeness (QED) is 0.872. The number of halogens is 1. The summed E-state index contributed by atoms with van der Waals surface area (Å²) in [6, 6.07) is 6.20. The van der Waals surface area contributed by atoms with Gasteiger partial charge in [0, 0.05) is 12.7 Å². The van der Waals surface area contributed by atoms with Crippen LogP contribution in [0.2, 0.25) is 0 Å². The van der Waals surface area contributed by atoms with E-state index in [0.29, 0.717) is 5.56 Å². The number of rotatable bonds is 3. The van der Waals surface area contributed by atoms with Crippen LogP contribution in [0.25, 0.3) is 0 Å². The summed E-state index contributed by atoms with van der Waals surface area (Å²) in [5.74, 6) is -0.0973. The molecule has 0 radical (unpaired) electrons. The highest BCUT2D eigenvalue weighted by atomic mass is 79.9. The first-order valence-electron chi connectivity index (χ1n) is 8.00. The molecule has 1 aromatic heterocycles. The number of benzene rings is 1. The molecular weight excluding hydrogens is 354 g/mol. The molecule has 1 amide bonds. The Morgan fingerprint density at radius 3 is 2.87 bits per heavy atom. The smallest absolute Gasteiger partial charge is 0.260 e. The van der Waals surface area contributed by atoms with E-state index in [1.54, 1.807) is 4.68 Å². The Kier molecular flexibility index (Phi) is 4.08. The van der Waals surface area contributed by atoms with Crippen molar-refractivity contribution in [1.82, 2.24) is 9.78 Å². The Bertz CT molecular complexity index is 777. The van der Waals surface area contributed by atoms with Crippen LogP contribution in [0.1, 0.15) is 54.4 Å². The maximum absolute atomic E-state index is 12.8. The first-order valence-corrected chi connectivity index (χ1v) is 8.79. The van der Waals surface area contributed by atoms with Crippen LogP contribution in [0, 0.1) is 0 Å². The normalized spacial score (nSPS) is 15.5. The van der Waals surface area contributed by atoms with E-state index in [1.165, 1.54) is 11.1 Å². The fourth-order valence-corrected chi connectivity index (χ4v) is 3.88. The summed E-state index contributed by atoms with van der Waals surface area (Å²) in [7, 11) is 1.84. The lowest BCUT2D eigenvalue weighted by Gasteiger charge is -2.19. The molecule has 0 spiro atoms. The van der Waals surface area contributed by atoms with Crippen molar-refractivity contribution in [3.8, 4) is 0 Å². The molecule has 1 aliphatic rings. The Balaban J connectivity index is 1.96. The molecule has 2 aromatic rings. The van der Waals surface area contributed by atoms with E-state index < -0.39 is 0 Å². The minimum absolute atomic E-state index is 0.0973. The molecule has 4 nitrogen and oxygen atoms in total. The molecular formula is C18H22BrN3O. The summed E-state index contributed by atoms with van der Waals surface area (Å²) >= 11 is 3.48. The van der Waals surface area contributed by atoms with E-state index in [2.05, 4.69) is 46.3 Å². The lowest BCUT2D eigenvalue weighted by atomic mass is 9.86. The van der Waals surface area contributed by atoms with Gasteiger partial charge in [0.1, 0.15) is 4.60 Å². The highest BCUT2D eigenvalue weighted by Gasteiger charge is 2.31. The van der Waals surface area contributed by atoms with E-state index in [1.807, 2.05) is 26.1 Å². The number of carbonyl (C=O) groups is 1. The Hall–Kier alpha value is -1.62. The second-order valence-electron chi connectivity index (χ2n) is 6.76. The zero-order valence-corrected chi connectivity index (χ0v) is 15.6. The number of anilines is 1. The van der Waals surface area contributed by atoms with Gasteiger partial charge in [-0.3, -0.25) is 9.48 Å². The SMILES string of the molecule is CCc1nn(C)c(Br)c1C(=O)Nc1cccc2c1CCC2(C)C. The molecule has 0 bridgehead atoms. The predicted molar refractivity (Wildman–Crippen MR) is 96.0 cm³/mol. The number of amides is 1. The maximum Gasteiger partial charge on any atom is 0.260 e. The van der Waals surface area contributed by atoms with Gasteiger partial charge >= 0.3 is 0 Å². The van der Waals surface area contributed by atoms with Crippen molar-refractivity contribution in [2.45, 2.75) is 45.4 Å². The van der Waals surface area contributed by atoms with Gasteiger partial charge in [-0.15, -0.1) is 0 Å². The van der Waals surface area contributed by atoms with Crippen LogP contribution in [0.5, 0.6) is 0 Å². The highest BCUT2D eigenvalue weighted by molar-refractivity contribution is 9.10. The third-order valence-electron chi connectivity index (χ3n) is 4.77. The molecule has 0 unspecified atom stereocenters. The van der Waals surface area contributed by atoms with Gasteiger partial charge in [-0.25, -0.2) is 0 Å². The van der Waals surface area contributed by atoms with Crippen molar-refractivity contribution in [1.29, 1.82) is 0 Å². The molecule has 0 fully saturated rings. The largest absolute Gasteiger partial charge is 0.322 e. The standard InChI is InChI=1S/C18H22BrN3O/c1-5-13-15(16(19)22(4)21-13)17(23)20-14-8-6-7-12-11(14)9-10-18(12,2)3/h6-8H,5,9-10H2,1-4H3,(H,20,23). The van der Waals surface area contributed by atoms with Gasteiger partial charge in [0.2, 0.25) is 0 Å². The topological polar surface area (TPSA) is 46.9 Å². The van der Waals surface area contributed by atoms with Crippen LogP contribution in [0.15, 0.2) is 22.8 Å². The Morgan fingerprint density at radius 1 is 1.43 bits per heavy atom. The Labute approximate surface area is 145 Å². The predicted octanol–water partition coefficient (Wildman–Crippen LogP) is 4.22. The van der Waals surface area contributed by atoms with Gasteiger partial charge in [0.15, 0.2) is 0 Å². The molecule has 1 N–H and O–H groups in total. The Morgan fingerprint density at radius 2 is 2.17 bits per heavy atom. The van der Waals surface area contributed by atoms with E-state index in [9.17, 15) is 4.79 Å². The average Bonchev–Trinajstić information content (AvgIpc) is 2.97. The summed E-state index contributed by atoms with van der Waals surface area (Å²) < 4.78 is 2.42. The molecule has 0 saturated heterocycles. The van der Waals surface area contributed by atoms with E-state index in [0.717, 1.165) is 35.2 Å². The molecule has 5 heteroatoms. The zero-order valence-electron chi connectivity index (χ0n) is 14.0. The van der Waals surface area contributed by atoms with Crippen molar-refractivity contribution in [2.24, 2.45) is 7.05 Å². The maximum atomic E-state index is 12.8. The molecule has 0 aliphatic heterocycles. The van der Waals surface area contributed by atoms with Crippen LogP contribution in [-0.2, 0) is 25.3 Å². The zero-order chi connectivity index (χ0) is 16.8. The number of nitrogens with zero attached hydrogens (tertiary/aromatic N) is 2. The summed E-state index contributed by atoms with van der Waals surface area (Å²) in [4.78, 5) is 12.8. The number of hydrogen-bond donors (Lipinski definition) is 1. The van der Waals surface area contributed by atoms with Crippen LogP contribution < -0.4 is 5.32 Å². The number of aromatic nitrogens is 2. The monoisotopic (exact) mass is 375 g/mol. The molecule has 1 aromatic carbocycles. The number of fused-ring (bicyclic) bond motifs is 1. The van der Waals surface area contributed by atoms with Gasteiger partial charge in [-0.2, -0.15) is 5.10 Å². The minimum atomic E-state index is -0.0973. The van der Waals surface area contributed by atoms with E-state index in [4.69, 9.17) is 0 Å². The highest BCUT2D eigenvalue weighted by Crippen LogP contribution is 2.41. The van der Waals surface area contributed by atoms with Gasteiger partial charge in [0.25, 0.3) is 5.91 Å². The van der Waals surface area contributed by atoms with Crippen molar-refractivity contribution >= 4 is 27.5 Å². The summed E-state index contributed by atoms with van der Waals surface area (Å²) in [5, 5.41) is 7.50. The lowest BCUT2D eigenvalue weighted by Crippen LogP contribution is -2.16. The van der Waals surface area contributed by atoms with Crippen LogP contribution >= 0.6 is 15.9 Å². The molecule has 3 rings (SSSR count). The lowest BCUT2D eigenvalue weighted by molar-refractivity contribution is 0.102. The molecule has 0 saturated carbocycles.